The van der Waals surface area contributed by atoms with Gasteiger partial charge in [0.15, 0.2) is 0 Å². The van der Waals surface area contributed by atoms with Crippen LogP contribution in [0.25, 0.3) is 22.3 Å². The van der Waals surface area contributed by atoms with E-state index in [4.69, 9.17) is 23.9 Å². The molecule has 0 radical (unpaired) electrons. The molecule has 1 atom stereocenters. The number of likely N-dealkylation sites (tertiary alicyclic amines) is 2. The normalized spacial score (nSPS) is 20.1. The van der Waals surface area contributed by atoms with Crippen LogP contribution in [0.4, 0.5) is 14.4 Å². The van der Waals surface area contributed by atoms with Crippen LogP contribution in [0.3, 0.4) is 0 Å². The van der Waals surface area contributed by atoms with Gasteiger partial charge in [-0.25, -0.2) is 29.1 Å². The van der Waals surface area contributed by atoms with Gasteiger partial charge in [-0.2, -0.15) is 0 Å². The van der Waals surface area contributed by atoms with Crippen LogP contribution in [-0.2, 0) is 44.2 Å². The van der Waals surface area contributed by atoms with E-state index in [0.29, 0.717) is 53.1 Å². The van der Waals surface area contributed by atoms with Gasteiger partial charge in [0.25, 0.3) is 5.56 Å². The van der Waals surface area contributed by atoms with Crippen LogP contribution < -0.4 is 10.3 Å². The smallest absolute Gasteiger partial charge is 0.420 e. The van der Waals surface area contributed by atoms with Gasteiger partial charge in [-0.05, 0) is 102 Å². The molecule has 0 N–H and O–H groups in total. The van der Waals surface area contributed by atoms with E-state index in [1.54, 1.807) is 55.4 Å². The third-order valence-electron chi connectivity index (χ3n) is 11.1. The Morgan fingerprint density at radius 1 is 0.981 bits per heavy atom. The van der Waals surface area contributed by atoms with Gasteiger partial charge in [0, 0.05) is 42.7 Å². The molecule has 2 aromatic heterocycles. The van der Waals surface area contributed by atoms with Gasteiger partial charge < -0.3 is 33.3 Å². The fraction of sp³-hybridized carbons (Fsp3) is 0.550. The summed E-state index contributed by atoms with van der Waals surface area (Å²) >= 11 is 0. The third kappa shape index (κ3) is 6.69. The number of aryl methyl sites for hydroxylation is 1. The number of aromatic nitrogens is 2. The number of hydrogen-bond donors (Lipinski definition) is 0. The number of pyridine rings is 2. The standard InChI is InChI=1S/C40H49N5O9/c1-7-26-27-20-25(52-38(50)44-18-14-24(15-19-44)43-16-10-9-11-17-43)12-13-31(27)41-33-28(26)22-45-32(33)21-30-29(34(45)46)23-51-35(47)40(30,8-2)54-37(49)42(6)36(48)53-39(3,4)5/h12-13,20-21,24H,7-11,14-19,22-23H2,1-6H3/t40-/m0/s1. The van der Waals surface area contributed by atoms with E-state index < -0.39 is 34.9 Å². The Balaban J connectivity index is 1.17. The average molecular weight is 744 g/mol. The van der Waals surface area contributed by atoms with Crippen molar-refractivity contribution >= 4 is 35.2 Å². The minimum atomic E-state index is -2.00. The second-order valence-corrected chi connectivity index (χ2v) is 15.6. The lowest BCUT2D eigenvalue weighted by atomic mass is 9.85. The Labute approximate surface area is 314 Å². The summed E-state index contributed by atoms with van der Waals surface area (Å²) in [6, 6.07) is 7.57. The highest BCUT2D eigenvalue weighted by Crippen LogP contribution is 2.43. The van der Waals surface area contributed by atoms with E-state index >= 15 is 0 Å². The molecule has 0 unspecified atom stereocenters. The fourth-order valence-electron chi connectivity index (χ4n) is 8.25. The van der Waals surface area contributed by atoms with E-state index in [-0.39, 0.29) is 36.8 Å². The number of imide groups is 1. The minimum Gasteiger partial charge on any atom is -0.457 e. The first-order chi connectivity index (χ1) is 25.7. The van der Waals surface area contributed by atoms with Gasteiger partial charge in [-0.3, -0.25) is 4.79 Å². The van der Waals surface area contributed by atoms with Crippen molar-refractivity contribution in [2.45, 2.75) is 110 Å². The lowest BCUT2D eigenvalue weighted by molar-refractivity contribution is -0.173. The van der Waals surface area contributed by atoms with Crippen molar-refractivity contribution in [2.75, 3.05) is 33.2 Å². The predicted molar refractivity (Wildman–Crippen MR) is 198 cm³/mol. The number of ether oxygens (including phenoxy) is 4. The maximum Gasteiger partial charge on any atom is 0.420 e. The second kappa shape index (κ2) is 14.3. The number of rotatable bonds is 5. The number of nitrogens with zero attached hydrogens (tertiary/aromatic N) is 5. The molecule has 6 heterocycles. The zero-order valence-electron chi connectivity index (χ0n) is 32.0. The summed E-state index contributed by atoms with van der Waals surface area (Å²) in [4.78, 5) is 76.9. The quantitative estimate of drug-likeness (QED) is 0.172. The number of piperidine rings is 2. The van der Waals surface area contributed by atoms with E-state index in [9.17, 15) is 24.0 Å². The summed E-state index contributed by atoms with van der Waals surface area (Å²) in [6.45, 7) is 12.2. The molecule has 2 saturated heterocycles. The molecule has 3 aromatic rings. The van der Waals surface area contributed by atoms with Crippen LogP contribution in [0.2, 0.25) is 0 Å². The number of benzene rings is 1. The Hall–Kier alpha value is -4.98. The number of fused-ring (bicyclic) bond motifs is 5. The van der Waals surface area contributed by atoms with Gasteiger partial charge in [0.05, 0.1) is 29.0 Å². The van der Waals surface area contributed by atoms with Gasteiger partial charge in [0.1, 0.15) is 18.0 Å². The van der Waals surface area contributed by atoms with Crippen molar-refractivity contribution in [2.24, 2.45) is 0 Å². The highest BCUT2D eigenvalue weighted by Gasteiger charge is 2.51. The summed E-state index contributed by atoms with van der Waals surface area (Å²) < 4.78 is 24.1. The molecule has 7 rings (SSSR count). The summed E-state index contributed by atoms with van der Waals surface area (Å²) in [5, 5.41) is 0.816. The maximum atomic E-state index is 14.2. The highest BCUT2D eigenvalue weighted by molar-refractivity contribution is 5.93. The molecule has 0 aliphatic carbocycles. The minimum absolute atomic E-state index is 0.0637. The number of esters is 1. The van der Waals surface area contributed by atoms with Crippen LogP contribution in [-0.4, -0.2) is 93.4 Å². The summed E-state index contributed by atoms with van der Waals surface area (Å²) in [5.74, 6) is -0.424. The molecule has 288 valence electrons. The van der Waals surface area contributed by atoms with Crippen LogP contribution >= 0.6 is 0 Å². The molecular formula is C40H49N5O9. The Kier molecular flexibility index (Phi) is 9.92. The van der Waals surface area contributed by atoms with Gasteiger partial charge >= 0.3 is 24.2 Å². The molecular weight excluding hydrogens is 694 g/mol. The van der Waals surface area contributed by atoms with Crippen LogP contribution in [0, 0.1) is 0 Å². The van der Waals surface area contributed by atoms with Crippen molar-refractivity contribution in [3.8, 4) is 17.1 Å². The first-order valence-electron chi connectivity index (χ1n) is 19.1. The molecule has 1 aromatic carbocycles. The van der Waals surface area contributed by atoms with E-state index in [2.05, 4.69) is 4.90 Å². The SMILES string of the molecule is CCc1c2c(nc3ccc(OC(=O)N4CCC(N5CCCCC5)CC4)cc13)-c1cc3c(c(=O)n1C2)COC(=O)[C@@]3(CC)OC(=O)N(C)C(=O)OC(C)(C)C. The third-order valence-corrected chi connectivity index (χ3v) is 11.1. The van der Waals surface area contributed by atoms with Crippen molar-refractivity contribution < 1.29 is 38.1 Å². The molecule has 4 aliphatic heterocycles. The Morgan fingerprint density at radius 3 is 2.37 bits per heavy atom. The topological polar surface area (TPSA) is 150 Å². The number of carbonyl (C=O) groups is 4. The number of cyclic esters (lactones) is 1. The Bertz CT molecular complexity index is 2070. The van der Waals surface area contributed by atoms with E-state index in [1.165, 1.54) is 26.3 Å². The second-order valence-electron chi connectivity index (χ2n) is 15.6. The summed E-state index contributed by atoms with van der Waals surface area (Å²) in [5.41, 5.74) is 0.585. The molecule has 14 heteroatoms. The van der Waals surface area contributed by atoms with Crippen LogP contribution in [0.1, 0.15) is 95.4 Å². The Morgan fingerprint density at radius 2 is 1.70 bits per heavy atom. The van der Waals surface area contributed by atoms with Crippen molar-refractivity contribution in [3.63, 3.8) is 0 Å². The largest absolute Gasteiger partial charge is 0.457 e. The molecule has 0 spiro atoms. The predicted octanol–water partition coefficient (Wildman–Crippen LogP) is 6.10. The average Bonchev–Trinajstić information content (AvgIpc) is 3.52. The highest BCUT2D eigenvalue weighted by atomic mass is 16.6. The summed E-state index contributed by atoms with van der Waals surface area (Å²) in [7, 11) is 1.19. The number of amides is 3. The summed E-state index contributed by atoms with van der Waals surface area (Å²) in [6.07, 6.45) is 3.77. The lowest BCUT2D eigenvalue weighted by Gasteiger charge is -2.39. The molecule has 4 aliphatic rings. The first-order valence-corrected chi connectivity index (χ1v) is 19.1. The molecule has 0 bridgehead atoms. The molecule has 2 fully saturated rings. The molecule has 3 amide bonds. The van der Waals surface area contributed by atoms with E-state index in [1.807, 2.05) is 13.0 Å². The fourth-order valence-corrected chi connectivity index (χ4v) is 8.25. The van der Waals surface area contributed by atoms with E-state index in [0.717, 1.165) is 42.4 Å². The van der Waals surface area contributed by atoms with Gasteiger partial charge in [0.2, 0.25) is 5.60 Å². The molecule has 0 saturated carbocycles. The van der Waals surface area contributed by atoms with Gasteiger partial charge in [-0.1, -0.05) is 20.3 Å². The lowest BCUT2D eigenvalue weighted by Crippen LogP contribution is -2.50. The first kappa shape index (κ1) is 37.3. The van der Waals surface area contributed by atoms with Crippen molar-refractivity contribution in [1.82, 2.24) is 24.3 Å². The monoisotopic (exact) mass is 743 g/mol. The number of carbonyl (C=O) groups excluding carboxylic acids is 4. The molecule has 54 heavy (non-hydrogen) atoms. The zero-order chi connectivity index (χ0) is 38.5. The van der Waals surface area contributed by atoms with Crippen LogP contribution in [0.15, 0.2) is 29.1 Å². The number of hydrogen-bond acceptors (Lipinski definition) is 11. The van der Waals surface area contributed by atoms with Crippen molar-refractivity contribution in [3.05, 3.63) is 56.9 Å². The zero-order valence-corrected chi connectivity index (χ0v) is 32.0. The van der Waals surface area contributed by atoms with Gasteiger partial charge in [-0.15, -0.1) is 0 Å². The maximum absolute atomic E-state index is 14.2. The van der Waals surface area contributed by atoms with Crippen LogP contribution in [0.5, 0.6) is 5.75 Å². The van der Waals surface area contributed by atoms with Crippen molar-refractivity contribution in [1.29, 1.82) is 0 Å². The molecule has 14 nitrogen and oxygen atoms in total.